The Balaban J connectivity index is 1.65. The van der Waals surface area contributed by atoms with Crippen LogP contribution in [-0.2, 0) is 28.9 Å². The second-order valence-electron chi connectivity index (χ2n) is 8.42. The third-order valence-electron chi connectivity index (χ3n) is 5.79. The number of rotatable bonds is 6. The number of ether oxygens (including phenoxy) is 3. The average molecular weight is 440 g/mol. The molecule has 2 aliphatic rings. The number of anilines is 1. The van der Waals surface area contributed by atoms with E-state index < -0.39 is 0 Å². The lowest BCUT2D eigenvalue weighted by molar-refractivity contribution is -0.0402. The van der Waals surface area contributed by atoms with E-state index in [1.165, 1.54) is 0 Å². The Bertz CT molecular complexity index is 981. The number of nitriles is 1. The molecule has 7 heteroatoms. The van der Waals surface area contributed by atoms with Gasteiger partial charge in [0.05, 0.1) is 38.1 Å². The lowest BCUT2D eigenvalue weighted by Gasteiger charge is -2.37. The fraction of sp³-hybridized carbons (Fsp3) is 0.500. The van der Waals surface area contributed by atoms with Gasteiger partial charge >= 0.3 is 0 Å². The molecule has 0 saturated carbocycles. The highest BCUT2D eigenvalue weighted by molar-refractivity contribution is 7.99. The lowest BCUT2D eigenvalue weighted by atomic mass is 9.89. The van der Waals surface area contributed by atoms with Gasteiger partial charge in [0, 0.05) is 30.8 Å². The molecule has 0 spiro atoms. The van der Waals surface area contributed by atoms with Gasteiger partial charge in [0.15, 0.2) is 0 Å². The zero-order valence-corrected chi connectivity index (χ0v) is 19.3. The summed E-state index contributed by atoms with van der Waals surface area (Å²) in [6, 6.07) is 10.5. The van der Waals surface area contributed by atoms with E-state index in [2.05, 4.69) is 30.9 Å². The Labute approximate surface area is 188 Å². The summed E-state index contributed by atoms with van der Waals surface area (Å²) in [7, 11) is 1.70. The van der Waals surface area contributed by atoms with E-state index in [-0.39, 0.29) is 5.60 Å². The zero-order chi connectivity index (χ0) is 21.8. The summed E-state index contributed by atoms with van der Waals surface area (Å²) in [5.41, 5.74) is 3.73. The van der Waals surface area contributed by atoms with Crippen LogP contribution < -0.4 is 9.64 Å². The summed E-state index contributed by atoms with van der Waals surface area (Å²) in [6.45, 7) is 7.65. The molecule has 31 heavy (non-hydrogen) atoms. The first kappa shape index (κ1) is 21.9. The lowest BCUT2D eigenvalue weighted by Crippen LogP contribution is -2.39. The summed E-state index contributed by atoms with van der Waals surface area (Å²) < 4.78 is 17.1. The van der Waals surface area contributed by atoms with Crippen LogP contribution >= 0.6 is 11.8 Å². The third kappa shape index (κ3) is 4.82. The number of fused-ring (bicyclic) bond motifs is 1. The van der Waals surface area contributed by atoms with Crippen LogP contribution in [0.4, 0.5) is 5.82 Å². The molecule has 2 aliphatic heterocycles. The van der Waals surface area contributed by atoms with Crippen LogP contribution in [-0.4, -0.2) is 49.8 Å². The maximum atomic E-state index is 10.0. The Morgan fingerprint density at radius 2 is 2.00 bits per heavy atom. The Morgan fingerprint density at radius 3 is 2.74 bits per heavy atom. The van der Waals surface area contributed by atoms with Crippen LogP contribution in [0.3, 0.4) is 0 Å². The number of para-hydroxylation sites is 1. The van der Waals surface area contributed by atoms with Crippen LogP contribution in [0, 0.1) is 11.3 Å². The van der Waals surface area contributed by atoms with Gasteiger partial charge < -0.3 is 19.1 Å². The van der Waals surface area contributed by atoms with Gasteiger partial charge in [-0.05, 0) is 37.5 Å². The molecule has 1 saturated heterocycles. The number of pyridine rings is 1. The first-order valence-corrected chi connectivity index (χ1v) is 11.7. The van der Waals surface area contributed by atoms with E-state index in [0.29, 0.717) is 31.8 Å². The predicted octanol–water partition coefficient (Wildman–Crippen LogP) is 3.98. The topological polar surface area (TPSA) is 67.6 Å². The van der Waals surface area contributed by atoms with Crippen molar-refractivity contribution < 1.29 is 14.2 Å². The van der Waals surface area contributed by atoms with Crippen LogP contribution in [0.15, 0.2) is 29.3 Å². The summed E-state index contributed by atoms with van der Waals surface area (Å²) in [5.74, 6) is 2.67. The summed E-state index contributed by atoms with van der Waals surface area (Å²) >= 11 is 1.65. The Hall–Kier alpha value is -2.27. The zero-order valence-electron chi connectivity index (χ0n) is 18.4. The molecule has 0 bridgehead atoms. The van der Waals surface area contributed by atoms with Gasteiger partial charge in [-0.1, -0.05) is 18.2 Å². The van der Waals surface area contributed by atoms with Gasteiger partial charge in [-0.25, -0.2) is 4.98 Å². The second kappa shape index (κ2) is 9.47. The molecule has 0 atom stereocenters. The fourth-order valence-electron chi connectivity index (χ4n) is 4.15. The van der Waals surface area contributed by atoms with Crippen LogP contribution in [0.5, 0.6) is 5.75 Å². The number of morpholine rings is 1. The van der Waals surface area contributed by atoms with Crippen molar-refractivity contribution in [1.82, 2.24) is 4.98 Å². The highest BCUT2D eigenvalue weighted by Crippen LogP contribution is 2.39. The maximum absolute atomic E-state index is 10.0. The molecule has 4 rings (SSSR count). The number of thioether (sulfide) groups is 1. The summed E-state index contributed by atoms with van der Waals surface area (Å²) in [6.07, 6.45) is 1.56. The number of aromatic nitrogens is 1. The molecule has 1 fully saturated rings. The number of benzene rings is 1. The summed E-state index contributed by atoms with van der Waals surface area (Å²) in [4.78, 5) is 7.27. The molecule has 0 amide bonds. The Morgan fingerprint density at radius 1 is 1.23 bits per heavy atom. The van der Waals surface area contributed by atoms with E-state index >= 15 is 0 Å². The minimum absolute atomic E-state index is 0.290. The van der Waals surface area contributed by atoms with Crippen molar-refractivity contribution in [2.75, 3.05) is 44.1 Å². The SMILES string of the molecule is COc1ccccc1CCSc1nc(N2CCOCC2)c2c(c1C#N)CC(C)(C)OC2. The van der Waals surface area contributed by atoms with Crippen molar-refractivity contribution in [2.45, 2.75) is 43.9 Å². The van der Waals surface area contributed by atoms with Crippen LogP contribution in [0.25, 0.3) is 0 Å². The number of hydrogen-bond donors (Lipinski definition) is 0. The normalized spacial score (nSPS) is 17.7. The van der Waals surface area contributed by atoms with Gasteiger partial charge in [0.25, 0.3) is 0 Å². The molecule has 1 aromatic heterocycles. The van der Waals surface area contributed by atoms with E-state index in [1.54, 1.807) is 18.9 Å². The molecular weight excluding hydrogens is 410 g/mol. The quantitative estimate of drug-likeness (QED) is 0.631. The maximum Gasteiger partial charge on any atom is 0.135 e. The molecule has 164 valence electrons. The molecule has 3 heterocycles. The smallest absolute Gasteiger partial charge is 0.135 e. The van der Waals surface area contributed by atoms with Crippen molar-refractivity contribution >= 4 is 17.6 Å². The molecule has 0 aliphatic carbocycles. The highest BCUT2D eigenvalue weighted by atomic mass is 32.2. The van der Waals surface area contributed by atoms with Gasteiger partial charge in [-0.15, -0.1) is 11.8 Å². The molecular formula is C24H29N3O3S. The van der Waals surface area contributed by atoms with Crippen molar-refractivity contribution in [3.8, 4) is 11.8 Å². The number of aryl methyl sites for hydroxylation is 1. The van der Waals surface area contributed by atoms with E-state index in [9.17, 15) is 5.26 Å². The fourth-order valence-corrected chi connectivity index (χ4v) is 5.13. The van der Waals surface area contributed by atoms with E-state index in [0.717, 1.165) is 58.5 Å². The molecule has 0 unspecified atom stereocenters. The second-order valence-corrected chi connectivity index (χ2v) is 9.50. The number of nitrogens with zero attached hydrogens (tertiary/aromatic N) is 3. The first-order chi connectivity index (χ1) is 15.0. The first-order valence-electron chi connectivity index (χ1n) is 10.7. The van der Waals surface area contributed by atoms with Crippen LogP contribution in [0.2, 0.25) is 0 Å². The minimum Gasteiger partial charge on any atom is -0.496 e. The molecule has 6 nitrogen and oxygen atoms in total. The van der Waals surface area contributed by atoms with E-state index in [1.807, 2.05) is 18.2 Å². The van der Waals surface area contributed by atoms with Gasteiger partial charge in [0.2, 0.25) is 0 Å². The molecule has 0 N–H and O–H groups in total. The van der Waals surface area contributed by atoms with Crippen molar-refractivity contribution in [3.05, 3.63) is 46.5 Å². The van der Waals surface area contributed by atoms with Gasteiger partial charge in [-0.3, -0.25) is 0 Å². The minimum atomic E-state index is -0.290. The monoisotopic (exact) mass is 439 g/mol. The Kier molecular flexibility index (Phi) is 6.71. The highest BCUT2D eigenvalue weighted by Gasteiger charge is 2.33. The third-order valence-corrected chi connectivity index (χ3v) is 6.77. The molecule has 2 aromatic rings. The van der Waals surface area contributed by atoms with Gasteiger partial charge in [0.1, 0.15) is 22.7 Å². The van der Waals surface area contributed by atoms with Gasteiger partial charge in [-0.2, -0.15) is 5.26 Å². The predicted molar refractivity (Wildman–Crippen MR) is 122 cm³/mol. The standard InChI is InChI=1S/C24H29N3O3S/c1-24(2)14-18-19(15-25)23(31-13-8-17-6-4-5-7-21(17)28-3)26-22(20(18)16-30-24)27-9-11-29-12-10-27/h4-7H,8-14,16H2,1-3H3. The van der Waals surface area contributed by atoms with Crippen molar-refractivity contribution in [1.29, 1.82) is 5.26 Å². The van der Waals surface area contributed by atoms with Crippen molar-refractivity contribution in [3.63, 3.8) is 0 Å². The average Bonchev–Trinajstić information content (AvgIpc) is 2.78. The molecule has 1 aromatic carbocycles. The summed E-state index contributed by atoms with van der Waals surface area (Å²) in [5, 5.41) is 10.9. The largest absolute Gasteiger partial charge is 0.496 e. The van der Waals surface area contributed by atoms with E-state index in [4.69, 9.17) is 19.2 Å². The van der Waals surface area contributed by atoms with Crippen molar-refractivity contribution in [2.24, 2.45) is 0 Å². The number of hydrogen-bond acceptors (Lipinski definition) is 7. The number of methoxy groups -OCH3 is 1. The van der Waals surface area contributed by atoms with Crippen LogP contribution in [0.1, 0.15) is 36.1 Å². The molecule has 0 radical (unpaired) electrons.